The van der Waals surface area contributed by atoms with E-state index < -0.39 is 39.7 Å². The number of hydrogen-bond donors (Lipinski definition) is 1. The summed E-state index contributed by atoms with van der Waals surface area (Å²) < 4.78 is 31.1. The summed E-state index contributed by atoms with van der Waals surface area (Å²) in [6.07, 6.45) is 2.83. The van der Waals surface area contributed by atoms with Crippen LogP contribution >= 0.6 is 0 Å². The first-order valence-electron chi connectivity index (χ1n) is 7.13. The van der Waals surface area contributed by atoms with Gasteiger partial charge in [0.25, 0.3) is 0 Å². The molecule has 0 aromatic carbocycles. The third-order valence-electron chi connectivity index (χ3n) is 3.73. The minimum atomic E-state index is -3.83. The maximum atomic E-state index is 12.7. The van der Waals surface area contributed by atoms with Crippen molar-refractivity contribution in [3.8, 4) is 0 Å². The van der Waals surface area contributed by atoms with E-state index in [9.17, 15) is 18.0 Å². The van der Waals surface area contributed by atoms with Crippen LogP contribution < -0.4 is 0 Å². The number of esters is 1. The predicted molar refractivity (Wildman–Crippen MR) is 76.2 cm³/mol. The zero-order chi connectivity index (χ0) is 16.0. The number of sulfonamides is 1. The molecule has 0 bridgehead atoms. The van der Waals surface area contributed by atoms with Gasteiger partial charge in [-0.25, -0.2) is 8.42 Å². The largest absolute Gasteiger partial charge is 0.480 e. The number of ether oxygens (including phenoxy) is 1. The Morgan fingerprint density at radius 2 is 1.90 bits per heavy atom. The molecule has 1 rings (SSSR count). The summed E-state index contributed by atoms with van der Waals surface area (Å²) in [6.45, 7) is 1.35. The smallest absolute Gasteiger partial charge is 0.318 e. The fraction of sp³-hybridized carbons (Fsp3) is 0.846. The van der Waals surface area contributed by atoms with E-state index in [2.05, 4.69) is 0 Å². The highest BCUT2D eigenvalue weighted by molar-refractivity contribution is 7.89. The SMILES string of the molecule is CCCN(CC(=O)O)S(=O)(=O)C1CCCCC1C(=O)OC. The van der Waals surface area contributed by atoms with Crippen LogP contribution in [0.15, 0.2) is 0 Å². The summed E-state index contributed by atoms with van der Waals surface area (Å²) >= 11 is 0. The van der Waals surface area contributed by atoms with Crippen LogP contribution in [-0.4, -0.2) is 55.2 Å². The van der Waals surface area contributed by atoms with Crippen molar-refractivity contribution < 1.29 is 27.9 Å². The number of carboxylic acid groups (broad SMARTS) is 1. The van der Waals surface area contributed by atoms with Crippen LogP contribution in [0.3, 0.4) is 0 Å². The zero-order valence-corrected chi connectivity index (χ0v) is 13.3. The van der Waals surface area contributed by atoms with E-state index >= 15 is 0 Å². The summed E-state index contributed by atoms with van der Waals surface area (Å²) in [4.78, 5) is 22.7. The van der Waals surface area contributed by atoms with Crippen LogP contribution in [0.2, 0.25) is 0 Å². The lowest BCUT2D eigenvalue weighted by Gasteiger charge is -2.33. The van der Waals surface area contributed by atoms with E-state index in [1.165, 1.54) is 7.11 Å². The van der Waals surface area contributed by atoms with Crippen LogP contribution in [-0.2, 0) is 24.3 Å². The third-order valence-corrected chi connectivity index (χ3v) is 6.09. The van der Waals surface area contributed by atoms with E-state index in [1.54, 1.807) is 6.92 Å². The Hall–Kier alpha value is -1.15. The molecule has 0 radical (unpaired) electrons. The molecule has 0 spiro atoms. The number of methoxy groups -OCH3 is 1. The van der Waals surface area contributed by atoms with Gasteiger partial charge in [-0.2, -0.15) is 4.31 Å². The van der Waals surface area contributed by atoms with Crippen molar-refractivity contribution in [2.24, 2.45) is 5.92 Å². The second kappa shape index (κ2) is 7.74. The Labute approximate surface area is 125 Å². The fourth-order valence-electron chi connectivity index (χ4n) is 2.76. The first-order valence-corrected chi connectivity index (χ1v) is 8.63. The first-order chi connectivity index (χ1) is 9.84. The van der Waals surface area contributed by atoms with Crippen LogP contribution in [0.4, 0.5) is 0 Å². The van der Waals surface area contributed by atoms with Crippen molar-refractivity contribution in [2.45, 2.75) is 44.3 Å². The van der Waals surface area contributed by atoms with Crippen LogP contribution in [0.1, 0.15) is 39.0 Å². The van der Waals surface area contributed by atoms with Gasteiger partial charge in [0.1, 0.15) is 6.54 Å². The van der Waals surface area contributed by atoms with E-state index in [0.29, 0.717) is 25.7 Å². The second-order valence-corrected chi connectivity index (χ2v) is 7.38. The highest BCUT2D eigenvalue weighted by atomic mass is 32.2. The van der Waals surface area contributed by atoms with E-state index in [-0.39, 0.29) is 6.54 Å². The Kier molecular flexibility index (Phi) is 6.60. The number of aliphatic carboxylic acids is 1. The normalized spacial score (nSPS) is 23.0. The molecule has 2 unspecified atom stereocenters. The van der Waals surface area contributed by atoms with Gasteiger partial charge in [-0.3, -0.25) is 9.59 Å². The van der Waals surface area contributed by atoms with Gasteiger partial charge in [-0.05, 0) is 19.3 Å². The van der Waals surface area contributed by atoms with Crippen molar-refractivity contribution in [3.63, 3.8) is 0 Å². The summed E-state index contributed by atoms with van der Waals surface area (Å²) in [5, 5.41) is 8.01. The van der Waals surface area contributed by atoms with Gasteiger partial charge in [-0.15, -0.1) is 0 Å². The molecule has 0 aromatic heterocycles. The Balaban J connectivity index is 3.04. The predicted octanol–water partition coefficient (Wildman–Crippen LogP) is 0.845. The standard InChI is InChI=1S/C13H23NO6S/c1-3-8-14(9-12(15)16)21(18,19)11-7-5-4-6-10(11)13(17)20-2/h10-11H,3-9H2,1-2H3,(H,15,16). The molecule has 8 heteroatoms. The van der Waals surface area contributed by atoms with E-state index in [0.717, 1.165) is 10.7 Å². The van der Waals surface area contributed by atoms with E-state index in [4.69, 9.17) is 9.84 Å². The van der Waals surface area contributed by atoms with Gasteiger partial charge in [0, 0.05) is 6.54 Å². The van der Waals surface area contributed by atoms with Gasteiger partial charge < -0.3 is 9.84 Å². The number of carbonyl (C=O) groups excluding carboxylic acids is 1. The lowest BCUT2D eigenvalue weighted by Crippen LogP contribution is -2.47. The quantitative estimate of drug-likeness (QED) is 0.697. The van der Waals surface area contributed by atoms with Crippen molar-refractivity contribution in [1.82, 2.24) is 4.31 Å². The van der Waals surface area contributed by atoms with Gasteiger partial charge in [0.15, 0.2) is 0 Å². The third kappa shape index (κ3) is 4.41. The first kappa shape index (κ1) is 17.9. The molecule has 1 fully saturated rings. The minimum absolute atomic E-state index is 0.138. The average Bonchev–Trinajstić information content (AvgIpc) is 2.45. The number of carboxylic acids is 1. The monoisotopic (exact) mass is 321 g/mol. The van der Waals surface area contributed by atoms with Gasteiger partial charge >= 0.3 is 11.9 Å². The molecule has 0 aromatic rings. The molecule has 1 N–H and O–H groups in total. The van der Waals surface area contributed by atoms with E-state index in [1.807, 2.05) is 0 Å². The molecule has 122 valence electrons. The molecular weight excluding hydrogens is 298 g/mol. The molecule has 1 aliphatic rings. The summed E-state index contributed by atoms with van der Waals surface area (Å²) in [5.41, 5.74) is 0. The summed E-state index contributed by atoms with van der Waals surface area (Å²) in [7, 11) is -2.60. The molecule has 1 saturated carbocycles. The number of carbonyl (C=O) groups is 2. The number of nitrogens with zero attached hydrogens (tertiary/aromatic N) is 1. The van der Waals surface area contributed by atoms with Crippen LogP contribution in [0, 0.1) is 5.92 Å². The van der Waals surface area contributed by atoms with Gasteiger partial charge in [-0.1, -0.05) is 19.8 Å². The highest BCUT2D eigenvalue weighted by Crippen LogP contribution is 2.32. The summed E-state index contributed by atoms with van der Waals surface area (Å²) in [6, 6.07) is 0. The van der Waals surface area contributed by atoms with Crippen molar-refractivity contribution in [2.75, 3.05) is 20.2 Å². The van der Waals surface area contributed by atoms with Crippen molar-refractivity contribution >= 4 is 22.0 Å². The molecule has 0 amide bonds. The summed E-state index contributed by atoms with van der Waals surface area (Å²) in [5.74, 6) is -2.44. The van der Waals surface area contributed by atoms with Crippen molar-refractivity contribution in [1.29, 1.82) is 0 Å². The zero-order valence-electron chi connectivity index (χ0n) is 12.4. The Bertz CT molecular complexity index is 475. The fourth-order valence-corrected chi connectivity index (χ4v) is 5.00. The average molecular weight is 321 g/mol. The Morgan fingerprint density at radius 3 is 2.43 bits per heavy atom. The van der Waals surface area contributed by atoms with Crippen LogP contribution in [0.25, 0.3) is 0 Å². The molecule has 1 aliphatic carbocycles. The maximum Gasteiger partial charge on any atom is 0.318 e. The second-order valence-electron chi connectivity index (χ2n) is 5.22. The lowest BCUT2D eigenvalue weighted by molar-refractivity contribution is -0.146. The number of rotatable bonds is 7. The van der Waals surface area contributed by atoms with Gasteiger partial charge in [0.05, 0.1) is 18.3 Å². The molecule has 21 heavy (non-hydrogen) atoms. The number of hydrogen-bond acceptors (Lipinski definition) is 5. The molecule has 0 aliphatic heterocycles. The topological polar surface area (TPSA) is 101 Å². The molecule has 2 atom stereocenters. The molecule has 0 saturated heterocycles. The van der Waals surface area contributed by atoms with Gasteiger partial charge in [0.2, 0.25) is 10.0 Å². The molecule has 0 heterocycles. The lowest BCUT2D eigenvalue weighted by atomic mass is 9.89. The van der Waals surface area contributed by atoms with Crippen molar-refractivity contribution in [3.05, 3.63) is 0 Å². The minimum Gasteiger partial charge on any atom is -0.480 e. The maximum absolute atomic E-state index is 12.7. The Morgan fingerprint density at radius 1 is 1.29 bits per heavy atom. The molecule has 7 nitrogen and oxygen atoms in total. The molecular formula is C13H23NO6S. The van der Waals surface area contributed by atoms with Crippen LogP contribution in [0.5, 0.6) is 0 Å². The highest BCUT2D eigenvalue weighted by Gasteiger charge is 2.43.